The van der Waals surface area contributed by atoms with Crippen LogP contribution in [0, 0.1) is 0 Å². The maximum Gasteiger partial charge on any atom is 2.00 e. The molecule has 0 aliphatic rings. The predicted molar refractivity (Wildman–Crippen MR) is 27.6 cm³/mol. The van der Waals surface area contributed by atoms with Crippen LogP contribution in [0.25, 0.3) is 0 Å². The standard InChI is InChI=1S/C3H9N.Be.2H/c1-4(2)3;;;/h1-3H3;;;/q;+2;2*-1. The van der Waals surface area contributed by atoms with E-state index < -0.39 is 0 Å². The quantitative estimate of drug-likeness (QED) is 0.363. The second-order valence-electron chi connectivity index (χ2n) is 1.34. The normalized spacial score (nSPS) is 7.20. The zero-order valence-corrected chi connectivity index (χ0v) is 4.15. The van der Waals surface area contributed by atoms with Crippen molar-refractivity contribution in [1.82, 2.24) is 4.90 Å². The fourth-order valence-corrected chi connectivity index (χ4v) is 0. The van der Waals surface area contributed by atoms with Gasteiger partial charge in [0.05, 0.1) is 0 Å². The van der Waals surface area contributed by atoms with Crippen molar-refractivity contribution >= 4 is 10.1 Å². The van der Waals surface area contributed by atoms with Gasteiger partial charge in [-0.3, -0.25) is 0 Å². The minimum Gasteiger partial charge on any atom is -1.00 e. The number of hydrogen-bond acceptors (Lipinski definition) is 1. The van der Waals surface area contributed by atoms with Gasteiger partial charge in [-0.05, 0) is 21.1 Å². The van der Waals surface area contributed by atoms with Gasteiger partial charge < -0.3 is 7.75 Å². The summed E-state index contributed by atoms with van der Waals surface area (Å²) in [5, 5.41) is 0. The average molecular weight is 70.1 g/mol. The smallest absolute Gasteiger partial charge is 1.00 e. The van der Waals surface area contributed by atoms with E-state index in [9.17, 15) is 0 Å². The molecular formula is C3H11BeN. The van der Waals surface area contributed by atoms with Crippen LogP contribution in [0.3, 0.4) is 0 Å². The Labute approximate surface area is 40.2 Å². The summed E-state index contributed by atoms with van der Waals surface area (Å²) < 4.78 is 0. The molecule has 0 aromatic carbocycles. The van der Waals surface area contributed by atoms with Crippen molar-refractivity contribution in [3.05, 3.63) is 0 Å². The summed E-state index contributed by atoms with van der Waals surface area (Å²) in [7, 11) is 6.00. The predicted octanol–water partition coefficient (Wildman–Crippen LogP) is 0.0220. The van der Waals surface area contributed by atoms with Crippen LogP contribution in [-0.2, 0) is 0 Å². The summed E-state index contributed by atoms with van der Waals surface area (Å²) in [6, 6.07) is 0. The molecule has 0 rings (SSSR count). The summed E-state index contributed by atoms with van der Waals surface area (Å²) in [5.74, 6) is 0. The van der Waals surface area contributed by atoms with E-state index in [-0.39, 0.29) is 13.0 Å². The van der Waals surface area contributed by atoms with Crippen LogP contribution in [0.1, 0.15) is 2.85 Å². The molecule has 0 aromatic heterocycles. The topological polar surface area (TPSA) is 3.24 Å². The molecule has 0 bridgehead atoms. The zero-order chi connectivity index (χ0) is 3.58. The Morgan fingerprint density at radius 2 is 1.20 bits per heavy atom. The molecule has 0 aliphatic heterocycles. The SMILES string of the molecule is CN(C)C.[Be+2].[H-].[H-]. The third-order valence-electron chi connectivity index (χ3n) is 0. The Balaban J connectivity index is -0.0000000150. The van der Waals surface area contributed by atoms with E-state index >= 15 is 0 Å². The first-order valence-corrected chi connectivity index (χ1v) is 1.34. The zero-order valence-electron chi connectivity index (χ0n) is 6.15. The van der Waals surface area contributed by atoms with Crippen LogP contribution in [-0.4, -0.2) is 36.2 Å². The van der Waals surface area contributed by atoms with Crippen LogP contribution in [0.4, 0.5) is 0 Å². The molecule has 0 fully saturated rings. The first-order valence-electron chi connectivity index (χ1n) is 1.34. The van der Waals surface area contributed by atoms with Gasteiger partial charge in [-0.15, -0.1) is 0 Å². The third kappa shape index (κ3) is 1130. The second kappa shape index (κ2) is 4.13. The van der Waals surface area contributed by atoms with Gasteiger partial charge in [0.15, 0.2) is 0 Å². The fraction of sp³-hybridized carbons (Fsp3) is 1.00. The first kappa shape index (κ1) is 8.93. The van der Waals surface area contributed by atoms with Crippen molar-refractivity contribution in [2.24, 2.45) is 0 Å². The number of nitrogens with zero attached hydrogens (tertiary/aromatic N) is 1. The molecule has 0 unspecified atom stereocenters. The molecule has 0 N–H and O–H groups in total. The number of rotatable bonds is 0. The molecule has 0 spiro atoms. The molecule has 1 nitrogen and oxygen atoms in total. The van der Waals surface area contributed by atoms with Gasteiger partial charge in [-0.25, -0.2) is 0 Å². The van der Waals surface area contributed by atoms with Crippen LogP contribution < -0.4 is 0 Å². The van der Waals surface area contributed by atoms with Crippen LogP contribution in [0.2, 0.25) is 0 Å². The van der Waals surface area contributed by atoms with Crippen LogP contribution in [0.15, 0.2) is 0 Å². The average Bonchev–Trinajstić information content (AvgIpc) is 0.811. The molecule has 0 amide bonds. The monoisotopic (exact) mass is 70.1 g/mol. The van der Waals surface area contributed by atoms with Gasteiger partial charge in [0, 0.05) is 0 Å². The minimum atomic E-state index is 0. The molecule has 0 saturated carbocycles. The molecule has 2 heteroatoms. The second-order valence-corrected chi connectivity index (χ2v) is 1.34. The molecule has 0 aliphatic carbocycles. The molecule has 5 heavy (non-hydrogen) atoms. The molecule has 0 atom stereocenters. The van der Waals surface area contributed by atoms with E-state index in [0.717, 1.165) is 0 Å². The maximum absolute atomic E-state index is 2.00. The Morgan fingerprint density at radius 1 is 1.20 bits per heavy atom. The Kier molecular flexibility index (Phi) is 7.38. The Bertz CT molecular complexity index is 17.7. The van der Waals surface area contributed by atoms with E-state index in [1.165, 1.54) is 0 Å². The minimum absolute atomic E-state index is 0. The van der Waals surface area contributed by atoms with Crippen molar-refractivity contribution in [2.75, 3.05) is 21.1 Å². The van der Waals surface area contributed by atoms with Gasteiger partial charge >= 0.3 is 10.1 Å². The number of hydrogen-bond donors (Lipinski definition) is 0. The van der Waals surface area contributed by atoms with Gasteiger partial charge in [-0.2, -0.15) is 0 Å². The van der Waals surface area contributed by atoms with E-state index in [4.69, 9.17) is 0 Å². The van der Waals surface area contributed by atoms with Gasteiger partial charge in [-0.1, -0.05) is 0 Å². The molecular weight excluding hydrogens is 59.1 g/mol. The third-order valence-corrected chi connectivity index (χ3v) is 0. The summed E-state index contributed by atoms with van der Waals surface area (Å²) in [5.41, 5.74) is 0. The van der Waals surface area contributed by atoms with Crippen molar-refractivity contribution in [3.8, 4) is 0 Å². The fourth-order valence-electron chi connectivity index (χ4n) is 0. The summed E-state index contributed by atoms with van der Waals surface area (Å²) >= 11 is 0. The summed E-state index contributed by atoms with van der Waals surface area (Å²) in [4.78, 5) is 2.00. The van der Waals surface area contributed by atoms with Crippen molar-refractivity contribution in [2.45, 2.75) is 0 Å². The van der Waals surface area contributed by atoms with Gasteiger partial charge in [0.25, 0.3) is 0 Å². The van der Waals surface area contributed by atoms with E-state index in [2.05, 4.69) is 0 Å². The van der Waals surface area contributed by atoms with Gasteiger partial charge in [0.2, 0.25) is 0 Å². The van der Waals surface area contributed by atoms with E-state index in [0.29, 0.717) is 0 Å². The summed E-state index contributed by atoms with van der Waals surface area (Å²) in [6.45, 7) is 0. The van der Waals surface area contributed by atoms with E-state index in [1.54, 1.807) is 0 Å². The van der Waals surface area contributed by atoms with Crippen molar-refractivity contribution < 1.29 is 2.85 Å². The molecule has 0 aromatic rings. The van der Waals surface area contributed by atoms with Crippen LogP contribution in [0.5, 0.6) is 0 Å². The Morgan fingerprint density at radius 3 is 1.20 bits per heavy atom. The van der Waals surface area contributed by atoms with Gasteiger partial charge in [0.1, 0.15) is 0 Å². The molecule has 0 heterocycles. The molecule has 0 saturated heterocycles. The van der Waals surface area contributed by atoms with Crippen molar-refractivity contribution in [1.29, 1.82) is 0 Å². The largest absolute Gasteiger partial charge is 2.00 e. The summed E-state index contributed by atoms with van der Waals surface area (Å²) in [6.07, 6.45) is 0. The maximum atomic E-state index is 2.00. The van der Waals surface area contributed by atoms with Crippen molar-refractivity contribution in [3.63, 3.8) is 0 Å². The van der Waals surface area contributed by atoms with Crippen LogP contribution >= 0.6 is 0 Å². The first-order chi connectivity index (χ1) is 1.73. The van der Waals surface area contributed by atoms with E-state index in [1.807, 2.05) is 26.0 Å². The Hall–Kier alpha value is 0.129. The molecule has 0 radical (unpaired) electrons. The molecule has 30 valence electrons.